The smallest absolute Gasteiger partial charge is 0.324 e. The van der Waals surface area contributed by atoms with E-state index in [9.17, 15) is 9.59 Å². The molecule has 2 aliphatic rings. The third-order valence-electron chi connectivity index (χ3n) is 3.68. The predicted octanol–water partition coefficient (Wildman–Crippen LogP) is 2.60. The first-order valence-corrected chi connectivity index (χ1v) is 6.14. The molecule has 0 spiro atoms. The summed E-state index contributed by atoms with van der Waals surface area (Å²) >= 11 is 0. The van der Waals surface area contributed by atoms with Crippen LogP contribution < -0.4 is 0 Å². The number of rotatable bonds is 3. The zero-order valence-electron chi connectivity index (χ0n) is 9.70. The first-order chi connectivity index (χ1) is 7.70. The Bertz CT molecular complexity index is 332. The quantitative estimate of drug-likeness (QED) is 0.419. The van der Waals surface area contributed by atoms with Crippen LogP contribution >= 0.6 is 0 Å². The highest BCUT2D eigenvalue weighted by atomic mass is 16.6. The monoisotopic (exact) mass is 222 g/mol. The Balaban J connectivity index is 2.25. The van der Waals surface area contributed by atoms with E-state index < -0.39 is 5.41 Å². The van der Waals surface area contributed by atoms with E-state index in [-0.39, 0.29) is 17.9 Å². The first kappa shape index (κ1) is 11.4. The fraction of sp³-hybridized carbons (Fsp3) is 0.692. The molecule has 3 heteroatoms. The fourth-order valence-corrected chi connectivity index (χ4v) is 2.76. The summed E-state index contributed by atoms with van der Waals surface area (Å²) in [4.78, 5) is 23.4. The van der Waals surface area contributed by atoms with Crippen molar-refractivity contribution in [3.63, 3.8) is 0 Å². The second kappa shape index (κ2) is 4.40. The van der Waals surface area contributed by atoms with Gasteiger partial charge in [-0.15, -0.1) is 0 Å². The van der Waals surface area contributed by atoms with Gasteiger partial charge in [-0.1, -0.05) is 38.3 Å². The lowest BCUT2D eigenvalue weighted by Crippen LogP contribution is -2.34. The van der Waals surface area contributed by atoms with Gasteiger partial charge in [0.2, 0.25) is 0 Å². The predicted molar refractivity (Wildman–Crippen MR) is 59.5 cm³/mol. The number of esters is 2. The van der Waals surface area contributed by atoms with Gasteiger partial charge in [-0.3, -0.25) is 9.59 Å². The molecule has 1 saturated carbocycles. The first-order valence-electron chi connectivity index (χ1n) is 6.14. The lowest BCUT2D eigenvalue weighted by molar-refractivity contribution is -0.154. The molecule has 0 aromatic rings. The Labute approximate surface area is 95.9 Å². The van der Waals surface area contributed by atoms with E-state index in [4.69, 9.17) is 4.74 Å². The third kappa shape index (κ3) is 1.68. The van der Waals surface area contributed by atoms with Gasteiger partial charge >= 0.3 is 11.9 Å². The van der Waals surface area contributed by atoms with E-state index in [2.05, 4.69) is 6.92 Å². The summed E-state index contributed by atoms with van der Waals surface area (Å²) in [6.45, 7) is 2.10. The molecule has 0 aromatic carbocycles. The van der Waals surface area contributed by atoms with Gasteiger partial charge in [0.1, 0.15) is 0 Å². The molecule has 2 atom stereocenters. The van der Waals surface area contributed by atoms with Crippen molar-refractivity contribution in [3.05, 3.63) is 12.2 Å². The fourth-order valence-electron chi connectivity index (χ4n) is 2.76. The molecule has 88 valence electrons. The second-order valence-electron chi connectivity index (χ2n) is 4.74. The Morgan fingerprint density at radius 2 is 2.25 bits per heavy atom. The van der Waals surface area contributed by atoms with Crippen LogP contribution in [0.5, 0.6) is 0 Å². The molecule has 2 rings (SSSR count). The molecule has 0 radical (unpaired) electrons. The van der Waals surface area contributed by atoms with Crippen molar-refractivity contribution < 1.29 is 14.3 Å². The van der Waals surface area contributed by atoms with Crippen LogP contribution in [0.3, 0.4) is 0 Å². The highest BCUT2D eigenvalue weighted by Gasteiger charge is 2.56. The van der Waals surface area contributed by atoms with Crippen molar-refractivity contribution in [2.75, 3.05) is 0 Å². The Kier molecular flexibility index (Phi) is 3.13. The van der Waals surface area contributed by atoms with Crippen molar-refractivity contribution >= 4 is 11.9 Å². The van der Waals surface area contributed by atoms with Crippen molar-refractivity contribution in [1.29, 1.82) is 0 Å². The molecule has 0 amide bonds. The number of unbranched alkanes of at least 4 members (excludes halogenated alkanes) is 1. The zero-order chi connectivity index (χ0) is 11.6. The number of allylic oxidation sites excluding steroid dienone is 1. The van der Waals surface area contributed by atoms with Crippen molar-refractivity contribution in [2.24, 2.45) is 11.3 Å². The van der Waals surface area contributed by atoms with Gasteiger partial charge in [0.05, 0.1) is 11.3 Å². The minimum atomic E-state index is -0.621. The average Bonchev–Trinajstić information content (AvgIpc) is 2.53. The maximum atomic E-state index is 11.8. The van der Waals surface area contributed by atoms with Crippen LogP contribution in [-0.2, 0) is 14.3 Å². The van der Waals surface area contributed by atoms with Gasteiger partial charge in [0.15, 0.2) is 0 Å². The van der Waals surface area contributed by atoms with Crippen LogP contribution in [0.25, 0.3) is 0 Å². The molecule has 0 N–H and O–H groups in total. The molecule has 1 heterocycles. The molecular weight excluding hydrogens is 204 g/mol. The Morgan fingerprint density at radius 3 is 3.00 bits per heavy atom. The van der Waals surface area contributed by atoms with Gasteiger partial charge in [0.25, 0.3) is 0 Å². The van der Waals surface area contributed by atoms with Crippen molar-refractivity contribution in [1.82, 2.24) is 0 Å². The van der Waals surface area contributed by atoms with Gasteiger partial charge in [-0.2, -0.15) is 0 Å². The molecule has 0 bridgehead atoms. The third-order valence-corrected chi connectivity index (χ3v) is 3.68. The number of hydrogen-bond acceptors (Lipinski definition) is 3. The van der Waals surface area contributed by atoms with Crippen molar-refractivity contribution in [2.45, 2.75) is 45.4 Å². The van der Waals surface area contributed by atoms with E-state index in [1.807, 2.05) is 12.2 Å². The van der Waals surface area contributed by atoms with E-state index in [0.717, 1.165) is 38.5 Å². The summed E-state index contributed by atoms with van der Waals surface area (Å²) in [5.74, 6) is -0.859. The highest BCUT2D eigenvalue weighted by molar-refractivity contribution is 6.00. The van der Waals surface area contributed by atoms with Crippen LogP contribution in [-0.4, -0.2) is 11.9 Å². The number of fused-ring (bicyclic) bond motifs is 1. The normalized spacial score (nSPS) is 34.2. The van der Waals surface area contributed by atoms with E-state index in [1.165, 1.54) is 0 Å². The maximum Gasteiger partial charge on any atom is 0.324 e. The van der Waals surface area contributed by atoms with E-state index >= 15 is 0 Å². The van der Waals surface area contributed by atoms with Crippen LogP contribution in [0.1, 0.15) is 45.4 Å². The highest BCUT2D eigenvalue weighted by Crippen LogP contribution is 2.48. The number of carbonyl (C=O) groups is 2. The standard InChI is InChI=1S/C13H18O3/c1-2-3-5-8-13-9-6-4-7-10(13)11(14)16-12(13)15/h5,8,10H,2-4,6-7,9H2,1H3. The van der Waals surface area contributed by atoms with Gasteiger partial charge in [-0.25, -0.2) is 0 Å². The summed E-state index contributed by atoms with van der Waals surface area (Å²) in [5.41, 5.74) is -0.621. The number of carbonyl (C=O) groups excluding carboxylic acids is 2. The average molecular weight is 222 g/mol. The Morgan fingerprint density at radius 1 is 1.44 bits per heavy atom. The second-order valence-corrected chi connectivity index (χ2v) is 4.74. The molecule has 1 saturated heterocycles. The largest absolute Gasteiger partial charge is 0.392 e. The SMILES string of the molecule is CCCC=CC12CCCCC1C(=O)OC2=O. The molecular formula is C13H18O3. The molecule has 3 nitrogen and oxygen atoms in total. The van der Waals surface area contributed by atoms with Crippen molar-refractivity contribution in [3.8, 4) is 0 Å². The number of cyclic esters (lactones) is 2. The lowest BCUT2D eigenvalue weighted by atomic mass is 9.67. The van der Waals surface area contributed by atoms with Crippen LogP contribution in [0, 0.1) is 11.3 Å². The maximum absolute atomic E-state index is 11.8. The summed E-state index contributed by atoms with van der Waals surface area (Å²) in [6.07, 6.45) is 9.57. The molecule has 16 heavy (non-hydrogen) atoms. The topological polar surface area (TPSA) is 43.4 Å². The summed E-state index contributed by atoms with van der Waals surface area (Å²) in [6, 6.07) is 0. The molecule has 0 aromatic heterocycles. The number of hydrogen-bond donors (Lipinski definition) is 0. The minimum absolute atomic E-state index is 0.221. The van der Waals surface area contributed by atoms with E-state index in [0.29, 0.717) is 0 Å². The zero-order valence-corrected chi connectivity index (χ0v) is 9.70. The molecule has 1 aliphatic carbocycles. The van der Waals surface area contributed by atoms with Gasteiger partial charge in [-0.05, 0) is 19.3 Å². The molecule has 2 fully saturated rings. The minimum Gasteiger partial charge on any atom is -0.392 e. The van der Waals surface area contributed by atoms with Crippen LogP contribution in [0.15, 0.2) is 12.2 Å². The van der Waals surface area contributed by atoms with Crippen LogP contribution in [0.2, 0.25) is 0 Å². The van der Waals surface area contributed by atoms with Crippen LogP contribution in [0.4, 0.5) is 0 Å². The lowest BCUT2D eigenvalue weighted by Gasteiger charge is -2.30. The molecule has 1 aliphatic heterocycles. The van der Waals surface area contributed by atoms with Gasteiger partial charge < -0.3 is 4.74 Å². The van der Waals surface area contributed by atoms with Gasteiger partial charge in [0, 0.05) is 0 Å². The summed E-state index contributed by atoms with van der Waals surface area (Å²) in [5, 5.41) is 0. The molecule has 2 unspecified atom stereocenters. The summed E-state index contributed by atoms with van der Waals surface area (Å²) in [7, 11) is 0. The van der Waals surface area contributed by atoms with E-state index in [1.54, 1.807) is 0 Å². The summed E-state index contributed by atoms with van der Waals surface area (Å²) < 4.78 is 4.81. The Hall–Kier alpha value is -1.12. The number of ether oxygens (including phenoxy) is 1.